The van der Waals surface area contributed by atoms with Crippen molar-refractivity contribution in [2.75, 3.05) is 13.2 Å². The molecule has 1 saturated heterocycles. The van der Waals surface area contributed by atoms with Gasteiger partial charge in [0, 0.05) is 35.8 Å². The lowest BCUT2D eigenvalue weighted by molar-refractivity contribution is -0.185. The first-order chi connectivity index (χ1) is 11.1. The number of nitrogens with zero attached hydrogens (tertiary/aromatic N) is 1. The standard InChI is InChI=1S/C16H18Cl2N2O3/c17-11-3-4-13(14(18)8-11)16(22-10-12(9-21)23-16)5-1-2-15-19-6-7-20-15/h3-4,6-8,12,21H,1-2,5,9-10H2,(H,19,20)/t12-,16+/m1/s1. The van der Waals surface area contributed by atoms with Crippen molar-refractivity contribution in [1.82, 2.24) is 9.97 Å². The topological polar surface area (TPSA) is 67.4 Å². The Bertz CT molecular complexity index is 651. The van der Waals surface area contributed by atoms with Crippen LogP contribution in [0.3, 0.4) is 0 Å². The highest BCUT2D eigenvalue weighted by Gasteiger charge is 2.43. The van der Waals surface area contributed by atoms with Gasteiger partial charge in [-0.25, -0.2) is 4.98 Å². The molecule has 1 aliphatic rings. The van der Waals surface area contributed by atoms with E-state index in [4.69, 9.17) is 32.7 Å². The van der Waals surface area contributed by atoms with Crippen LogP contribution in [0, 0.1) is 0 Å². The molecule has 2 N–H and O–H groups in total. The van der Waals surface area contributed by atoms with Crippen molar-refractivity contribution in [3.63, 3.8) is 0 Å². The zero-order valence-corrected chi connectivity index (χ0v) is 14.0. The van der Waals surface area contributed by atoms with Gasteiger partial charge in [0.15, 0.2) is 5.79 Å². The van der Waals surface area contributed by atoms with E-state index in [1.807, 2.05) is 6.07 Å². The molecular formula is C16H18Cl2N2O3. The smallest absolute Gasteiger partial charge is 0.196 e. The Labute approximate surface area is 144 Å². The van der Waals surface area contributed by atoms with E-state index in [2.05, 4.69) is 9.97 Å². The first-order valence-corrected chi connectivity index (χ1v) is 8.25. The van der Waals surface area contributed by atoms with Gasteiger partial charge in [-0.2, -0.15) is 0 Å². The van der Waals surface area contributed by atoms with Crippen LogP contribution in [0.5, 0.6) is 0 Å². The van der Waals surface area contributed by atoms with E-state index in [-0.39, 0.29) is 12.7 Å². The largest absolute Gasteiger partial charge is 0.394 e. The Kier molecular flexibility index (Phi) is 5.24. The Hall–Kier alpha value is -1.11. The molecule has 1 aromatic heterocycles. The average Bonchev–Trinajstić information content (AvgIpc) is 3.17. The Morgan fingerprint density at radius 3 is 2.91 bits per heavy atom. The summed E-state index contributed by atoms with van der Waals surface area (Å²) in [5.74, 6) is -0.0409. The predicted molar refractivity (Wildman–Crippen MR) is 87.6 cm³/mol. The molecule has 0 radical (unpaired) electrons. The summed E-state index contributed by atoms with van der Waals surface area (Å²) in [6, 6.07) is 5.25. The van der Waals surface area contributed by atoms with E-state index in [1.54, 1.807) is 24.5 Å². The van der Waals surface area contributed by atoms with Crippen LogP contribution in [-0.2, 0) is 21.7 Å². The number of nitrogens with one attached hydrogen (secondary N) is 1. The molecule has 1 aromatic carbocycles. The van der Waals surface area contributed by atoms with Crippen LogP contribution in [-0.4, -0.2) is 34.4 Å². The Morgan fingerprint density at radius 2 is 2.26 bits per heavy atom. The van der Waals surface area contributed by atoms with Gasteiger partial charge in [0.2, 0.25) is 0 Å². The molecule has 0 aliphatic carbocycles. The normalized spacial score (nSPS) is 24.2. The number of ether oxygens (including phenoxy) is 2. The van der Waals surface area contributed by atoms with E-state index >= 15 is 0 Å². The van der Waals surface area contributed by atoms with Gasteiger partial charge in [-0.05, 0) is 18.6 Å². The highest BCUT2D eigenvalue weighted by molar-refractivity contribution is 6.35. The molecule has 5 nitrogen and oxygen atoms in total. The minimum absolute atomic E-state index is 0.0921. The molecule has 2 heterocycles. The van der Waals surface area contributed by atoms with E-state index in [0.717, 1.165) is 24.2 Å². The number of aryl methyl sites for hydroxylation is 1. The summed E-state index contributed by atoms with van der Waals surface area (Å²) in [6.45, 7) is 0.237. The van der Waals surface area contributed by atoms with Gasteiger partial charge in [-0.1, -0.05) is 29.3 Å². The van der Waals surface area contributed by atoms with Gasteiger partial charge in [-0.3, -0.25) is 0 Å². The number of aromatic nitrogens is 2. The van der Waals surface area contributed by atoms with Gasteiger partial charge in [-0.15, -0.1) is 0 Å². The lowest BCUT2D eigenvalue weighted by Gasteiger charge is -2.29. The second-order valence-corrected chi connectivity index (χ2v) is 6.34. The maximum atomic E-state index is 9.36. The Balaban J connectivity index is 1.79. The molecule has 124 valence electrons. The number of hydrogen-bond acceptors (Lipinski definition) is 4. The molecule has 2 aromatic rings. The van der Waals surface area contributed by atoms with Gasteiger partial charge >= 0.3 is 0 Å². The van der Waals surface area contributed by atoms with Crippen molar-refractivity contribution in [2.45, 2.75) is 31.2 Å². The summed E-state index contributed by atoms with van der Waals surface area (Å²) in [6.07, 6.45) is 5.34. The van der Waals surface area contributed by atoms with Gasteiger partial charge in [0.1, 0.15) is 11.9 Å². The van der Waals surface area contributed by atoms with E-state index < -0.39 is 5.79 Å². The minimum atomic E-state index is -0.957. The zero-order chi connectivity index (χ0) is 16.3. The molecule has 3 rings (SSSR count). The second-order valence-electron chi connectivity index (χ2n) is 5.50. The van der Waals surface area contributed by atoms with Crippen LogP contribution >= 0.6 is 23.2 Å². The number of aliphatic hydroxyl groups excluding tert-OH is 1. The lowest BCUT2D eigenvalue weighted by Crippen LogP contribution is -2.29. The first-order valence-electron chi connectivity index (χ1n) is 7.49. The maximum Gasteiger partial charge on any atom is 0.196 e. The number of H-pyrrole nitrogens is 1. The fraction of sp³-hybridized carbons (Fsp3) is 0.438. The van der Waals surface area contributed by atoms with Crippen LogP contribution in [0.2, 0.25) is 10.0 Å². The number of benzene rings is 1. The van der Waals surface area contributed by atoms with Crippen LogP contribution in [0.25, 0.3) is 0 Å². The van der Waals surface area contributed by atoms with Gasteiger partial charge in [0.25, 0.3) is 0 Å². The number of halogens is 2. The molecule has 2 atom stereocenters. The molecule has 23 heavy (non-hydrogen) atoms. The third-order valence-corrected chi connectivity index (χ3v) is 4.43. The fourth-order valence-corrected chi connectivity index (χ4v) is 3.34. The third-order valence-electron chi connectivity index (χ3n) is 3.88. The number of aliphatic hydroxyl groups is 1. The minimum Gasteiger partial charge on any atom is -0.394 e. The predicted octanol–water partition coefficient (Wildman–Crippen LogP) is 3.30. The Morgan fingerprint density at radius 1 is 1.39 bits per heavy atom. The molecule has 7 heteroatoms. The number of hydrogen-bond donors (Lipinski definition) is 2. The van der Waals surface area contributed by atoms with Gasteiger partial charge < -0.3 is 19.6 Å². The quantitative estimate of drug-likeness (QED) is 0.833. The second kappa shape index (κ2) is 7.20. The van der Waals surface area contributed by atoms with Crippen molar-refractivity contribution < 1.29 is 14.6 Å². The van der Waals surface area contributed by atoms with Crippen LogP contribution in [0.1, 0.15) is 24.2 Å². The van der Waals surface area contributed by atoms with E-state index in [9.17, 15) is 5.11 Å². The number of imidazole rings is 1. The summed E-state index contributed by atoms with van der Waals surface area (Å²) in [5, 5.41) is 10.4. The number of aromatic amines is 1. The summed E-state index contributed by atoms with van der Waals surface area (Å²) < 4.78 is 11.9. The van der Waals surface area contributed by atoms with E-state index in [0.29, 0.717) is 23.1 Å². The van der Waals surface area contributed by atoms with Crippen LogP contribution < -0.4 is 0 Å². The van der Waals surface area contributed by atoms with E-state index in [1.165, 1.54) is 0 Å². The van der Waals surface area contributed by atoms with Crippen LogP contribution in [0.4, 0.5) is 0 Å². The summed E-state index contributed by atoms with van der Waals surface area (Å²) in [5.41, 5.74) is 0.735. The summed E-state index contributed by atoms with van der Waals surface area (Å²) in [7, 11) is 0. The molecule has 0 saturated carbocycles. The molecule has 0 unspecified atom stereocenters. The van der Waals surface area contributed by atoms with Crippen LogP contribution in [0.15, 0.2) is 30.6 Å². The van der Waals surface area contributed by atoms with Crippen molar-refractivity contribution in [3.8, 4) is 0 Å². The highest BCUT2D eigenvalue weighted by atomic mass is 35.5. The third kappa shape index (κ3) is 3.70. The number of rotatable bonds is 6. The summed E-state index contributed by atoms with van der Waals surface area (Å²) >= 11 is 12.3. The average molecular weight is 357 g/mol. The molecular weight excluding hydrogens is 339 g/mol. The molecule has 0 spiro atoms. The SMILES string of the molecule is OC[C@@H]1CO[C@](CCCc2ncc[nH]2)(c2ccc(Cl)cc2Cl)O1. The zero-order valence-electron chi connectivity index (χ0n) is 12.5. The fourth-order valence-electron chi connectivity index (χ4n) is 2.78. The summed E-state index contributed by atoms with van der Waals surface area (Å²) in [4.78, 5) is 7.29. The van der Waals surface area contributed by atoms with Crippen molar-refractivity contribution in [3.05, 3.63) is 52.0 Å². The van der Waals surface area contributed by atoms with Crippen molar-refractivity contribution in [1.29, 1.82) is 0 Å². The highest BCUT2D eigenvalue weighted by Crippen LogP contribution is 2.42. The molecule has 1 fully saturated rings. The monoisotopic (exact) mass is 356 g/mol. The lowest BCUT2D eigenvalue weighted by atomic mass is 9.99. The molecule has 1 aliphatic heterocycles. The first kappa shape index (κ1) is 16.7. The molecule has 0 bridgehead atoms. The molecule has 0 amide bonds. The van der Waals surface area contributed by atoms with Crippen molar-refractivity contribution in [2.24, 2.45) is 0 Å². The maximum absolute atomic E-state index is 9.36. The van der Waals surface area contributed by atoms with Crippen molar-refractivity contribution >= 4 is 23.2 Å². The van der Waals surface area contributed by atoms with Gasteiger partial charge in [0.05, 0.1) is 18.2 Å².